The van der Waals surface area contributed by atoms with Crippen LogP contribution in [0, 0.1) is 0 Å². The molecular weight excluding hydrogens is 156 g/mol. The molecule has 0 radical (unpaired) electrons. The van der Waals surface area contributed by atoms with E-state index < -0.39 is 0 Å². The molecule has 0 fully saturated rings. The van der Waals surface area contributed by atoms with Gasteiger partial charge in [-0.1, -0.05) is 0 Å². The molecule has 0 bridgehead atoms. The summed E-state index contributed by atoms with van der Waals surface area (Å²) in [4.78, 5) is 8.26. The minimum absolute atomic E-state index is 0.960. The zero-order chi connectivity index (χ0) is 7.94. The molecule has 1 aromatic heterocycles. The summed E-state index contributed by atoms with van der Waals surface area (Å²) in [6, 6.07) is 1.85. The van der Waals surface area contributed by atoms with Crippen molar-refractivity contribution in [2.24, 2.45) is 0 Å². The summed E-state index contributed by atoms with van der Waals surface area (Å²) in [5.74, 6) is 2.15. The Balaban J connectivity index is 2.28. The Kier molecular flexibility index (Phi) is 3.98. The van der Waals surface area contributed by atoms with E-state index in [2.05, 4.69) is 16.2 Å². The average Bonchev–Trinajstić information content (AvgIpc) is 2.07. The Morgan fingerprint density at radius 1 is 1.36 bits per heavy atom. The van der Waals surface area contributed by atoms with Crippen molar-refractivity contribution >= 4 is 11.8 Å². The molecule has 0 unspecified atom stereocenters. The van der Waals surface area contributed by atoms with E-state index in [9.17, 15) is 0 Å². The van der Waals surface area contributed by atoms with E-state index in [4.69, 9.17) is 0 Å². The first-order valence-electron chi connectivity index (χ1n) is 3.68. The maximum Gasteiger partial charge on any atom is 0.128 e. The van der Waals surface area contributed by atoms with Crippen molar-refractivity contribution in [3.63, 3.8) is 0 Å². The van der Waals surface area contributed by atoms with Crippen LogP contribution in [0.3, 0.4) is 0 Å². The summed E-state index contributed by atoms with van der Waals surface area (Å²) in [6.45, 7) is 0. The molecular formula is C8H12N2S. The van der Waals surface area contributed by atoms with E-state index in [1.54, 1.807) is 12.4 Å². The van der Waals surface area contributed by atoms with Crippen molar-refractivity contribution in [3.8, 4) is 0 Å². The van der Waals surface area contributed by atoms with Gasteiger partial charge in [0.15, 0.2) is 0 Å². The number of aromatic nitrogens is 2. The van der Waals surface area contributed by atoms with E-state index in [-0.39, 0.29) is 0 Å². The average molecular weight is 168 g/mol. The van der Waals surface area contributed by atoms with Gasteiger partial charge in [0, 0.05) is 18.8 Å². The number of nitrogens with zero attached hydrogens (tertiary/aromatic N) is 2. The van der Waals surface area contributed by atoms with Crippen LogP contribution < -0.4 is 0 Å². The molecule has 1 aromatic rings. The Morgan fingerprint density at radius 2 is 2.09 bits per heavy atom. The fourth-order valence-corrected chi connectivity index (χ4v) is 1.27. The molecule has 1 rings (SSSR count). The van der Waals surface area contributed by atoms with Crippen molar-refractivity contribution in [2.75, 3.05) is 12.0 Å². The Labute approximate surface area is 71.5 Å². The summed E-state index contributed by atoms with van der Waals surface area (Å²) in [5, 5.41) is 0. The molecule has 0 saturated heterocycles. The standard InChI is InChI=1S/C8H12N2S/c1-11-7-2-4-8-9-5-3-6-10-8/h3,5-6H,2,4,7H2,1H3. The van der Waals surface area contributed by atoms with E-state index >= 15 is 0 Å². The highest BCUT2D eigenvalue weighted by Crippen LogP contribution is 1.99. The molecule has 0 aliphatic carbocycles. The second-order valence-corrected chi connectivity index (χ2v) is 3.25. The molecule has 0 atom stereocenters. The lowest BCUT2D eigenvalue weighted by molar-refractivity contribution is 0.842. The third kappa shape index (κ3) is 3.37. The molecule has 3 heteroatoms. The lowest BCUT2D eigenvalue weighted by Gasteiger charge is -1.96. The van der Waals surface area contributed by atoms with Crippen LogP contribution in [-0.4, -0.2) is 22.0 Å². The van der Waals surface area contributed by atoms with Gasteiger partial charge in [-0.3, -0.25) is 0 Å². The zero-order valence-corrected chi connectivity index (χ0v) is 7.47. The molecule has 2 nitrogen and oxygen atoms in total. The highest BCUT2D eigenvalue weighted by molar-refractivity contribution is 7.98. The smallest absolute Gasteiger partial charge is 0.128 e. The normalized spacial score (nSPS) is 9.91. The third-order valence-corrected chi connectivity index (χ3v) is 2.07. The Morgan fingerprint density at radius 3 is 2.73 bits per heavy atom. The van der Waals surface area contributed by atoms with Gasteiger partial charge >= 0.3 is 0 Å². The van der Waals surface area contributed by atoms with E-state index in [0.717, 1.165) is 12.2 Å². The second-order valence-electron chi connectivity index (χ2n) is 2.26. The molecule has 0 saturated carbocycles. The first kappa shape index (κ1) is 8.53. The van der Waals surface area contributed by atoms with Crippen LogP contribution in [0.1, 0.15) is 12.2 Å². The summed E-state index contributed by atoms with van der Waals surface area (Å²) in [5.41, 5.74) is 0. The van der Waals surface area contributed by atoms with Crippen LogP contribution in [-0.2, 0) is 6.42 Å². The molecule has 0 spiro atoms. The number of hydrogen-bond donors (Lipinski definition) is 0. The minimum Gasteiger partial charge on any atom is -0.241 e. The highest BCUT2D eigenvalue weighted by Gasteiger charge is 1.92. The number of aryl methyl sites for hydroxylation is 1. The van der Waals surface area contributed by atoms with Gasteiger partial charge in [0.2, 0.25) is 0 Å². The van der Waals surface area contributed by atoms with Crippen molar-refractivity contribution in [3.05, 3.63) is 24.3 Å². The van der Waals surface area contributed by atoms with Gasteiger partial charge in [0.25, 0.3) is 0 Å². The first-order chi connectivity index (χ1) is 5.43. The van der Waals surface area contributed by atoms with Crippen LogP contribution in [0.25, 0.3) is 0 Å². The summed E-state index contributed by atoms with van der Waals surface area (Å²) in [6.07, 6.45) is 7.88. The van der Waals surface area contributed by atoms with Gasteiger partial charge in [0.1, 0.15) is 5.82 Å². The predicted octanol–water partition coefficient (Wildman–Crippen LogP) is 1.77. The molecule has 0 amide bonds. The molecule has 0 aliphatic heterocycles. The zero-order valence-electron chi connectivity index (χ0n) is 6.66. The third-order valence-electron chi connectivity index (χ3n) is 1.37. The predicted molar refractivity (Wildman–Crippen MR) is 48.7 cm³/mol. The lowest BCUT2D eigenvalue weighted by Crippen LogP contribution is -1.93. The number of rotatable bonds is 4. The number of hydrogen-bond acceptors (Lipinski definition) is 3. The van der Waals surface area contributed by atoms with Crippen molar-refractivity contribution < 1.29 is 0 Å². The highest BCUT2D eigenvalue weighted by atomic mass is 32.2. The summed E-state index contributed by atoms with van der Waals surface area (Å²) in [7, 11) is 0. The van der Waals surface area contributed by atoms with Gasteiger partial charge in [0.05, 0.1) is 0 Å². The van der Waals surface area contributed by atoms with Crippen molar-refractivity contribution in [1.82, 2.24) is 9.97 Å². The van der Waals surface area contributed by atoms with Crippen molar-refractivity contribution in [1.29, 1.82) is 0 Å². The molecule has 0 aromatic carbocycles. The van der Waals surface area contributed by atoms with Crippen LogP contribution in [0.15, 0.2) is 18.5 Å². The monoisotopic (exact) mass is 168 g/mol. The quantitative estimate of drug-likeness (QED) is 0.641. The molecule has 1 heterocycles. The van der Waals surface area contributed by atoms with E-state index in [0.29, 0.717) is 0 Å². The maximum atomic E-state index is 4.13. The fraction of sp³-hybridized carbons (Fsp3) is 0.500. The van der Waals surface area contributed by atoms with Crippen LogP contribution in [0.4, 0.5) is 0 Å². The lowest BCUT2D eigenvalue weighted by atomic mass is 10.3. The van der Waals surface area contributed by atoms with Crippen LogP contribution in [0.5, 0.6) is 0 Å². The first-order valence-corrected chi connectivity index (χ1v) is 5.07. The van der Waals surface area contributed by atoms with Crippen LogP contribution in [0.2, 0.25) is 0 Å². The molecule has 11 heavy (non-hydrogen) atoms. The fourth-order valence-electron chi connectivity index (χ4n) is 0.834. The molecule has 60 valence electrons. The SMILES string of the molecule is CSCCCc1ncccn1. The summed E-state index contributed by atoms with van der Waals surface area (Å²) < 4.78 is 0. The van der Waals surface area contributed by atoms with Crippen molar-refractivity contribution in [2.45, 2.75) is 12.8 Å². The van der Waals surface area contributed by atoms with Gasteiger partial charge in [-0.2, -0.15) is 11.8 Å². The Hall–Kier alpha value is -0.570. The molecule has 0 aliphatic rings. The maximum absolute atomic E-state index is 4.13. The van der Waals surface area contributed by atoms with E-state index in [1.165, 1.54) is 12.2 Å². The van der Waals surface area contributed by atoms with Crippen LogP contribution >= 0.6 is 11.8 Å². The van der Waals surface area contributed by atoms with Gasteiger partial charge < -0.3 is 0 Å². The minimum atomic E-state index is 0.960. The van der Waals surface area contributed by atoms with E-state index in [1.807, 2.05) is 17.8 Å². The van der Waals surface area contributed by atoms with Gasteiger partial charge in [-0.25, -0.2) is 9.97 Å². The largest absolute Gasteiger partial charge is 0.241 e. The second kappa shape index (κ2) is 5.13. The molecule has 0 N–H and O–H groups in total. The van der Waals surface area contributed by atoms with Gasteiger partial charge in [-0.15, -0.1) is 0 Å². The van der Waals surface area contributed by atoms with Gasteiger partial charge in [-0.05, 0) is 24.5 Å². The summed E-state index contributed by atoms with van der Waals surface area (Å²) >= 11 is 1.87. The topological polar surface area (TPSA) is 25.8 Å². The number of thioether (sulfide) groups is 1. The Bertz CT molecular complexity index is 189.